The van der Waals surface area contributed by atoms with Gasteiger partial charge in [-0.25, -0.2) is 4.39 Å². The van der Waals surface area contributed by atoms with E-state index in [2.05, 4.69) is 0 Å². The van der Waals surface area contributed by atoms with Crippen LogP contribution >= 0.6 is 0 Å². The zero-order valence-corrected chi connectivity index (χ0v) is 24.7. The molecule has 10 heteroatoms. The van der Waals surface area contributed by atoms with Gasteiger partial charge in [-0.2, -0.15) is 5.10 Å². The molecular formula is C32H43FN4O5. The summed E-state index contributed by atoms with van der Waals surface area (Å²) < 4.78 is 21.3. The highest BCUT2D eigenvalue weighted by molar-refractivity contribution is 5.94. The highest BCUT2D eigenvalue weighted by Crippen LogP contribution is 2.32. The lowest BCUT2D eigenvalue weighted by Crippen LogP contribution is -2.51. The number of aliphatic hydroxyl groups is 1. The van der Waals surface area contributed by atoms with Crippen molar-refractivity contribution in [3.05, 3.63) is 46.5 Å². The highest BCUT2D eigenvalue weighted by atomic mass is 19.1. The number of hydrogen-bond acceptors (Lipinski definition) is 6. The third kappa shape index (κ3) is 7.19. The molecule has 2 amide bonds. The van der Waals surface area contributed by atoms with Crippen LogP contribution in [0.5, 0.6) is 5.75 Å². The van der Waals surface area contributed by atoms with Crippen molar-refractivity contribution in [2.45, 2.75) is 90.2 Å². The maximum atomic E-state index is 13.5. The van der Waals surface area contributed by atoms with Crippen LogP contribution in [0.1, 0.15) is 85.1 Å². The first-order chi connectivity index (χ1) is 20.3. The number of aryl methyl sites for hydroxylation is 1. The minimum absolute atomic E-state index is 0.120. The number of ether oxygens (including phenoxy) is 1. The van der Waals surface area contributed by atoms with Crippen LogP contribution < -0.4 is 4.74 Å². The molecular weight excluding hydrogens is 539 g/mol. The molecule has 2 aliphatic carbocycles. The first-order valence-corrected chi connectivity index (χ1v) is 15.5. The number of hydrogen-bond donors (Lipinski definition) is 1. The Balaban J connectivity index is 1.14. The Kier molecular flexibility index (Phi) is 9.92. The number of aromatic nitrogens is 2. The molecule has 228 valence electrons. The minimum atomic E-state index is -0.521. The average molecular weight is 583 g/mol. The summed E-state index contributed by atoms with van der Waals surface area (Å²) in [6, 6.07) is 4.63. The molecule has 2 heterocycles. The third-order valence-corrected chi connectivity index (χ3v) is 9.15. The van der Waals surface area contributed by atoms with Crippen molar-refractivity contribution >= 4 is 17.6 Å². The fourth-order valence-corrected chi connectivity index (χ4v) is 6.63. The quantitative estimate of drug-likeness (QED) is 0.451. The largest absolute Gasteiger partial charge is 0.490 e. The van der Waals surface area contributed by atoms with E-state index in [-0.39, 0.29) is 36.1 Å². The smallest absolute Gasteiger partial charge is 0.274 e. The molecule has 3 aliphatic rings. The summed E-state index contributed by atoms with van der Waals surface area (Å²) >= 11 is 0. The van der Waals surface area contributed by atoms with Crippen LogP contribution in [0.4, 0.5) is 4.39 Å². The van der Waals surface area contributed by atoms with E-state index in [4.69, 9.17) is 14.9 Å². The Morgan fingerprint density at radius 1 is 1.00 bits per heavy atom. The molecule has 9 nitrogen and oxygen atoms in total. The second-order valence-electron chi connectivity index (χ2n) is 12.1. The van der Waals surface area contributed by atoms with Crippen molar-refractivity contribution in [3.8, 4) is 5.75 Å². The molecule has 1 aromatic carbocycles. The summed E-state index contributed by atoms with van der Waals surface area (Å²) in [7, 11) is 0. The van der Waals surface area contributed by atoms with Crippen LogP contribution in [0.25, 0.3) is 0 Å². The first-order valence-electron chi connectivity index (χ1n) is 15.5. The molecule has 1 aliphatic heterocycles. The van der Waals surface area contributed by atoms with Gasteiger partial charge in [-0.3, -0.25) is 19.1 Å². The molecule has 1 saturated heterocycles. The average Bonchev–Trinajstić information content (AvgIpc) is 3.15. The standard InChI is InChI=1S/C32H43FN4O5/c1-22-19-24(33)10-14-29(22)42-26-12-8-23(9-13-26)7-11-25(39)20-37-28-6-4-2-3-5-27(28)31(34-37)32(41)36-17-15-35(16-18-36)30(40)21-38/h10,14,19,23,26,38H,2-9,11-13,15-18,20-21H2,1H3. The molecule has 1 aromatic heterocycles. The van der Waals surface area contributed by atoms with E-state index in [1.54, 1.807) is 20.5 Å². The Hall–Kier alpha value is -3.27. The van der Waals surface area contributed by atoms with E-state index < -0.39 is 6.61 Å². The monoisotopic (exact) mass is 582 g/mol. The number of carbonyl (C=O) groups is 3. The van der Waals surface area contributed by atoms with Crippen molar-refractivity contribution in [2.75, 3.05) is 32.8 Å². The minimum Gasteiger partial charge on any atom is -0.490 e. The van der Waals surface area contributed by atoms with Crippen LogP contribution in [0.15, 0.2) is 18.2 Å². The highest BCUT2D eigenvalue weighted by Gasteiger charge is 2.31. The van der Waals surface area contributed by atoms with Gasteiger partial charge < -0.3 is 19.6 Å². The van der Waals surface area contributed by atoms with Gasteiger partial charge in [0.25, 0.3) is 5.91 Å². The maximum Gasteiger partial charge on any atom is 0.274 e. The van der Waals surface area contributed by atoms with Gasteiger partial charge in [0.05, 0.1) is 12.6 Å². The molecule has 2 aromatic rings. The van der Waals surface area contributed by atoms with Crippen molar-refractivity contribution in [1.29, 1.82) is 0 Å². The normalized spacial score (nSPS) is 21.0. The number of rotatable bonds is 9. The van der Waals surface area contributed by atoms with Gasteiger partial charge in [0.1, 0.15) is 18.2 Å². The Bertz CT molecular complexity index is 1280. The molecule has 0 bridgehead atoms. The van der Waals surface area contributed by atoms with Crippen LogP contribution in [0.3, 0.4) is 0 Å². The molecule has 0 unspecified atom stereocenters. The van der Waals surface area contributed by atoms with Crippen LogP contribution in [-0.2, 0) is 29.0 Å². The number of halogens is 1. The number of nitrogens with zero attached hydrogens (tertiary/aromatic N) is 4. The predicted octanol–water partition coefficient (Wildman–Crippen LogP) is 3.86. The molecule has 2 fully saturated rings. The maximum absolute atomic E-state index is 13.5. The number of amides is 2. The van der Waals surface area contributed by atoms with Gasteiger partial charge in [0.2, 0.25) is 5.91 Å². The van der Waals surface area contributed by atoms with Gasteiger partial charge in [-0.1, -0.05) is 6.42 Å². The zero-order chi connectivity index (χ0) is 29.6. The second-order valence-corrected chi connectivity index (χ2v) is 12.1. The van der Waals surface area contributed by atoms with E-state index in [9.17, 15) is 18.8 Å². The van der Waals surface area contributed by atoms with Crippen molar-refractivity contribution < 1.29 is 28.6 Å². The number of benzene rings is 1. The Morgan fingerprint density at radius 2 is 1.71 bits per heavy atom. The summed E-state index contributed by atoms with van der Waals surface area (Å²) in [4.78, 5) is 41.8. The van der Waals surface area contributed by atoms with Gasteiger partial charge >= 0.3 is 0 Å². The van der Waals surface area contributed by atoms with E-state index in [1.807, 2.05) is 6.92 Å². The topological polar surface area (TPSA) is 105 Å². The number of ketones is 1. The van der Waals surface area contributed by atoms with Gasteiger partial charge in [0.15, 0.2) is 11.5 Å². The summed E-state index contributed by atoms with van der Waals surface area (Å²) in [5.41, 5.74) is 3.26. The lowest BCUT2D eigenvalue weighted by molar-refractivity contribution is -0.135. The van der Waals surface area contributed by atoms with Crippen molar-refractivity contribution in [2.24, 2.45) is 5.92 Å². The summed E-state index contributed by atoms with van der Waals surface area (Å²) in [5, 5.41) is 13.9. The summed E-state index contributed by atoms with van der Waals surface area (Å²) in [5.74, 6) is 0.649. The molecule has 1 saturated carbocycles. The molecule has 0 spiro atoms. The molecule has 0 atom stereocenters. The number of carbonyl (C=O) groups excluding carboxylic acids is 3. The Morgan fingerprint density at radius 3 is 2.43 bits per heavy atom. The van der Waals surface area contributed by atoms with Gasteiger partial charge in [0, 0.05) is 43.9 Å². The molecule has 5 rings (SSSR count). The number of aliphatic hydroxyl groups excluding tert-OH is 1. The zero-order valence-electron chi connectivity index (χ0n) is 24.7. The number of fused-ring (bicyclic) bond motifs is 1. The van der Waals surface area contributed by atoms with E-state index in [0.717, 1.165) is 86.8 Å². The fourth-order valence-electron chi connectivity index (χ4n) is 6.63. The van der Waals surface area contributed by atoms with E-state index >= 15 is 0 Å². The second kappa shape index (κ2) is 13.8. The number of piperazine rings is 1. The molecule has 1 N–H and O–H groups in total. The predicted molar refractivity (Wildman–Crippen MR) is 155 cm³/mol. The number of Topliss-reactive ketones (excluding diaryl/α,β-unsaturated/α-hetero) is 1. The van der Waals surface area contributed by atoms with E-state index in [1.165, 1.54) is 12.1 Å². The van der Waals surface area contributed by atoms with Crippen molar-refractivity contribution in [1.82, 2.24) is 19.6 Å². The summed E-state index contributed by atoms with van der Waals surface area (Å²) in [6.45, 7) is 3.13. The molecule has 42 heavy (non-hydrogen) atoms. The molecule has 0 radical (unpaired) electrons. The lowest BCUT2D eigenvalue weighted by atomic mass is 9.84. The Labute approximate surface area is 247 Å². The SMILES string of the molecule is Cc1cc(F)ccc1OC1CCC(CCC(=O)Cn2nc(C(=O)N3CCN(C(=O)CO)CC3)c3c2CCCCC3)CC1. The first kappa shape index (κ1) is 30.2. The van der Waals surface area contributed by atoms with Crippen LogP contribution in [0.2, 0.25) is 0 Å². The van der Waals surface area contributed by atoms with Crippen LogP contribution in [-0.4, -0.2) is 81.2 Å². The van der Waals surface area contributed by atoms with Gasteiger partial charge in [-0.05, 0) is 94.4 Å². The lowest BCUT2D eigenvalue weighted by Gasteiger charge is -2.34. The third-order valence-electron chi connectivity index (χ3n) is 9.15. The van der Waals surface area contributed by atoms with Gasteiger partial charge in [-0.15, -0.1) is 0 Å². The summed E-state index contributed by atoms with van der Waals surface area (Å²) in [6.07, 6.45) is 10.0. The fraction of sp³-hybridized carbons (Fsp3) is 0.625. The van der Waals surface area contributed by atoms with E-state index in [0.29, 0.717) is 44.2 Å². The van der Waals surface area contributed by atoms with Crippen LogP contribution in [0, 0.1) is 18.7 Å². The van der Waals surface area contributed by atoms with Crippen molar-refractivity contribution in [3.63, 3.8) is 0 Å².